The number of nitrogen functional groups attached to an aromatic ring is 1. The highest BCUT2D eigenvalue weighted by Crippen LogP contribution is 2.33. The maximum atomic E-state index is 5.89. The SMILES string of the molecule is Cn1cc(-c2cc(N)nc(C3CCCC3)n2)cn1. The topological polar surface area (TPSA) is 69.6 Å². The quantitative estimate of drug-likeness (QED) is 0.877. The van der Waals surface area contributed by atoms with E-state index in [0.717, 1.165) is 17.1 Å². The lowest BCUT2D eigenvalue weighted by Crippen LogP contribution is -2.04. The fourth-order valence-electron chi connectivity index (χ4n) is 2.55. The zero-order valence-corrected chi connectivity index (χ0v) is 10.5. The maximum absolute atomic E-state index is 5.89. The Morgan fingerprint density at radius 1 is 1.28 bits per heavy atom. The van der Waals surface area contributed by atoms with E-state index < -0.39 is 0 Å². The van der Waals surface area contributed by atoms with E-state index in [4.69, 9.17) is 5.73 Å². The van der Waals surface area contributed by atoms with Gasteiger partial charge in [-0.05, 0) is 12.8 Å². The number of aromatic nitrogens is 4. The first kappa shape index (κ1) is 11.2. The molecule has 0 aliphatic heterocycles. The third kappa shape index (κ3) is 2.08. The van der Waals surface area contributed by atoms with Gasteiger partial charge in [0.2, 0.25) is 0 Å². The molecular formula is C13H17N5. The van der Waals surface area contributed by atoms with Crippen molar-refractivity contribution in [3.63, 3.8) is 0 Å². The first-order valence-electron chi connectivity index (χ1n) is 6.36. The number of nitrogens with zero attached hydrogens (tertiary/aromatic N) is 4. The average Bonchev–Trinajstić information content (AvgIpc) is 2.98. The van der Waals surface area contributed by atoms with Gasteiger partial charge in [0.15, 0.2) is 0 Å². The van der Waals surface area contributed by atoms with Crippen molar-refractivity contribution in [1.82, 2.24) is 19.7 Å². The Labute approximate surface area is 106 Å². The summed E-state index contributed by atoms with van der Waals surface area (Å²) in [5.74, 6) is 1.92. The molecule has 94 valence electrons. The molecule has 18 heavy (non-hydrogen) atoms. The Balaban J connectivity index is 1.99. The Morgan fingerprint density at radius 2 is 2.06 bits per heavy atom. The van der Waals surface area contributed by atoms with Gasteiger partial charge < -0.3 is 5.73 Å². The van der Waals surface area contributed by atoms with Crippen LogP contribution in [0.1, 0.15) is 37.4 Å². The minimum absolute atomic E-state index is 0.476. The Hall–Kier alpha value is -1.91. The van der Waals surface area contributed by atoms with E-state index in [0.29, 0.717) is 11.7 Å². The second kappa shape index (κ2) is 4.40. The molecule has 0 spiro atoms. The number of anilines is 1. The van der Waals surface area contributed by atoms with Gasteiger partial charge in [-0.1, -0.05) is 12.8 Å². The van der Waals surface area contributed by atoms with Gasteiger partial charge in [0.25, 0.3) is 0 Å². The lowest BCUT2D eigenvalue weighted by atomic mass is 10.1. The molecule has 0 bridgehead atoms. The van der Waals surface area contributed by atoms with Gasteiger partial charge in [0.05, 0.1) is 11.9 Å². The molecule has 1 saturated carbocycles. The zero-order chi connectivity index (χ0) is 12.5. The van der Waals surface area contributed by atoms with Gasteiger partial charge in [-0.15, -0.1) is 0 Å². The van der Waals surface area contributed by atoms with Crippen LogP contribution < -0.4 is 5.73 Å². The van der Waals surface area contributed by atoms with Crippen LogP contribution in [0.5, 0.6) is 0 Å². The molecule has 1 aliphatic rings. The van der Waals surface area contributed by atoms with E-state index in [1.165, 1.54) is 25.7 Å². The molecule has 0 saturated heterocycles. The largest absolute Gasteiger partial charge is 0.384 e. The van der Waals surface area contributed by atoms with Crippen molar-refractivity contribution >= 4 is 5.82 Å². The first-order chi connectivity index (χ1) is 8.72. The van der Waals surface area contributed by atoms with Gasteiger partial charge in [-0.3, -0.25) is 4.68 Å². The van der Waals surface area contributed by atoms with Crippen molar-refractivity contribution in [2.24, 2.45) is 7.05 Å². The number of hydrogen-bond acceptors (Lipinski definition) is 4. The van der Waals surface area contributed by atoms with Crippen LogP contribution in [0.4, 0.5) is 5.82 Å². The maximum Gasteiger partial charge on any atom is 0.134 e. The molecule has 2 N–H and O–H groups in total. The molecule has 0 atom stereocenters. The fraction of sp³-hybridized carbons (Fsp3) is 0.462. The van der Waals surface area contributed by atoms with Crippen LogP contribution in [0.3, 0.4) is 0 Å². The monoisotopic (exact) mass is 243 g/mol. The van der Waals surface area contributed by atoms with Crippen LogP contribution in [0.2, 0.25) is 0 Å². The number of hydrogen-bond donors (Lipinski definition) is 1. The van der Waals surface area contributed by atoms with Crippen LogP contribution in [-0.2, 0) is 7.05 Å². The molecule has 2 heterocycles. The minimum atomic E-state index is 0.476. The van der Waals surface area contributed by atoms with Crippen LogP contribution in [0, 0.1) is 0 Å². The number of rotatable bonds is 2. The second-order valence-electron chi connectivity index (χ2n) is 4.92. The molecule has 2 aromatic heterocycles. The molecule has 1 fully saturated rings. The molecule has 3 rings (SSSR count). The van der Waals surface area contributed by atoms with Gasteiger partial charge in [-0.2, -0.15) is 5.10 Å². The molecule has 0 aromatic carbocycles. The number of aryl methyl sites for hydroxylation is 1. The summed E-state index contributed by atoms with van der Waals surface area (Å²) in [5.41, 5.74) is 7.76. The summed E-state index contributed by atoms with van der Waals surface area (Å²) >= 11 is 0. The lowest BCUT2D eigenvalue weighted by Gasteiger charge is -2.09. The summed E-state index contributed by atoms with van der Waals surface area (Å²) in [6, 6.07) is 1.81. The Morgan fingerprint density at radius 3 is 2.72 bits per heavy atom. The van der Waals surface area contributed by atoms with Gasteiger partial charge in [0, 0.05) is 30.8 Å². The van der Waals surface area contributed by atoms with Crippen molar-refractivity contribution in [3.05, 3.63) is 24.3 Å². The first-order valence-corrected chi connectivity index (χ1v) is 6.36. The van der Waals surface area contributed by atoms with Crippen LogP contribution in [-0.4, -0.2) is 19.7 Å². The summed E-state index contributed by atoms with van der Waals surface area (Å²) in [7, 11) is 1.89. The predicted octanol–water partition coefficient (Wildman–Crippen LogP) is 2.12. The molecular weight excluding hydrogens is 226 g/mol. The third-order valence-corrected chi connectivity index (χ3v) is 3.48. The van der Waals surface area contributed by atoms with E-state index in [9.17, 15) is 0 Å². The zero-order valence-electron chi connectivity index (χ0n) is 10.5. The van der Waals surface area contributed by atoms with Crippen LogP contribution in [0.15, 0.2) is 18.5 Å². The lowest BCUT2D eigenvalue weighted by molar-refractivity contribution is 0.670. The van der Waals surface area contributed by atoms with Gasteiger partial charge in [0.1, 0.15) is 11.6 Å². The van der Waals surface area contributed by atoms with Gasteiger partial charge >= 0.3 is 0 Å². The smallest absolute Gasteiger partial charge is 0.134 e. The second-order valence-corrected chi connectivity index (χ2v) is 4.92. The van der Waals surface area contributed by atoms with Crippen LogP contribution >= 0.6 is 0 Å². The van der Waals surface area contributed by atoms with Crippen molar-refractivity contribution in [3.8, 4) is 11.3 Å². The third-order valence-electron chi connectivity index (χ3n) is 3.48. The Kier molecular flexibility index (Phi) is 2.74. The Bertz CT molecular complexity index is 554. The normalized spacial score (nSPS) is 16.3. The summed E-state index contributed by atoms with van der Waals surface area (Å²) in [6.45, 7) is 0. The van der Waals surface area contributed by atoms with E-state index in [2.05, 4.69) is 15.1 Å². The molecule has 1 aliphatic carbocycles. The summed E-state index contributed by atoms with van der Waals surface area (Å²) in [6.07, 6.45) is 8.64. The molecule has 2 aromatic rings. The summed E-state index contributed by atoms with van der Waals surface area (Å²) in [4.78, 5) is 9.04. The molecule has 0 amide bonds. The van der Waals surface area contributed by atoms with E-state index in [-0.39, 0.29) is 0 Å². The minimum Gasteiger partial charge on any atom is -0.384 e. The standard InChI is InChI=1S/C13H17N5/c1-18-8-10(7-15-18)11-6-12(14)17-13(16-11)9-4-2-3-5-9/h6-9H,2-5H2,1H3,(H2,14,16,17). The molecule has 0 unspecified atom stereocenters. The van der Waals surface area contributed by atoms with Crippen molar-refractivity contribution in [2.45, 2.75) is 31.6 Å². The van der Waals surface area contributed by atoms with E-state index in [1.807, 2.05) is 19.3 Å². The van der Waals surface area contributed by atoms with Gasteiger partial charge in [-0.25, -0.2) is 9.97 Å². The van der Waals surface area contributed by atoms with Crippen molar-refractivity contribution < 1.29 is 0 Å². The highest BCUT2D eigenvalue weighted by molar-refractivity contribution is 5.60. The average molecular weight is 243 g/mol. The van der Waals surface area contributed by atoms with E-state index in [1.54, 1.807) is 10.9 Å². The highest BCUT2D eigenvalue weighted by Gasteiger charge is 2.21. The fourth-order valence-corrected chi connectivity index (χ4v) is 2.55. The highest BCUT2D eigenvalue weighted by atomic mass is 15.2. The van der Waals surface area contributed by atoms with E-state index >= 15 is 0 Å². The molecule has 5 heteroatoms. The summed E-state index contributed by atoms with van der Waals surface area (Å²) in [5, 5.41) is 4.17. The number of nitrogens with two attached hydrogens (primary N) is 1. The van der Waals surface area contributed by atoms with Crippen molar-refractivity contribution in [2.75, 3.05) is 5.73 Å². The molecule has 5 nitrogen and oxygen atoms in total. The predicted molar refractivity (Wildman–Crippen MR) is 69.9 cm³/mol. The van der Waals surface area contributed by atoms with Crippen LogP contribution in [0.25, 0.3) is 11.3 Å². The molecule has 0 radical (unpaired) electrons. The van der Waals surface area contributed by atoms with Crippen molar-refractivity contribution in [1.29, 1.82) is 0 Å². The summed E-state index contributed by atoms with van der Waals surface area (Å²) < 4.78 is 1.77.